The molecule has 0 unspecified atom stereocenters. The minimum absolute atomic E-state index is 0.233. The highest BCUT2D eigenvalue weighted by atomic mass is 16.3. The van der Waals surface area contributed by atoms with Crippen LogP contribution in [0.1, 0.15) is 23.2 Å². The molecular weight excluding hydrogens is 246 g/mol. The summed E-state index contributed by atoms with van der Waals surface area (Å²) in [5.74, 6) is -0.911. The van der Waals surface area contributed by atoms with E-state index in [1.54, 1.807) is 12.1 Å². The van der Waals surface area contributed by atoms with Crippen LogP contribution in [0, 0.1) is 5.92 Å². The second kappa shape index (κ2) is 4.08. The summed E-state index contributed by atoms with van der Waals surface area (Å²) in [5, 5.41) is 10.00. The van der Waals surface area contributed by atoms with Gasteiger partial charge in [-0.25, -0.2) is 0 Å². The van der Waals surface area contributed by atoms with Crippen LogP contribution >= 0.6 is 0 Å². The Labute approximate surface area is 108 Å². The molecule has 3 N–H and O–H groups in total. The fourth-order valence-corrected chi connectivity index (χ4v) is 2.22. The van der Waals surface area contributed by atoms with Crippen molar-refractivity contribution in [2.45, 2.75) is 19.4 Å². The molecule has 6 heteroatoms. The van der Waals surface area contributed by atoms with Gasteiger partial charge in [0.15, 0.2) is 5.75 Å². The SMILES string of the molecule is NC(=O)c1c(O)c2ncccc2n(CC2CC2)c1=O. The predicted molar refractivity (Wildman–Crippen MR) is 68.9 cm³/mol. The van der Waals surface area contributed by atoms with E-state index in [1.807, 2.05) is 0 Å². The lowest BCUT2D eigenvalue weighted by Crippen LogP contribution is -2.30. The Hall–Kier alpha value is -2.37. The Kier molecular flexibility index (Phi) is 2.51. The first-order valence-electron chi connectivity index (χ1n) is 6.10. The maximum absolute atomic E-state index is 12.3. The van der Waals surface area contributed by atoms with Crippen molar-refractivity contribution in [3.63, 3.8) is 0 Å². The Morgan fingerprint density at radius 3 is 2.89 bits per heavy atom. The Morgan fingerprint density at radius 2 is 2.26 bits per heavy atom. The number of aromatic hydroxyl groups is 1. The zero-order chi connectivity index (χ0) is 13.6. The number of rotatable bonds is 3. The first-order valence-corrected chi connectivity index (χ1v) is 6.10. The summed E-state index contributed by atoms with van der Waals surface area (Å²) in [7, 11) is 0. The average molecular weight is 259 g/mol. The third kappa shape index (κ3) is 1.85. The summed E-state index contributed by atoms with van der Waals surface area (Å²) >= 11 is 0. The van der Waals surface area contributed by atoms with E-state index in [1.165, 1.54) is 10.8 Å². The van der Waals surface area contributed by atoms with Gasteiger partial charge in [0.25, 0.3) is 11.5 Å². The molecule has 2 heterocycles. The topological polar surface area (TPSA) is 98.2 Å². The van der Waals surface area contributed by atoms with E-state index >= 15 is 0 Å². The first-order chi connectivity index (χ1) is 9.09. The first kappa shape index (κ1) is 11.7. The molecule has 0 spiro atoms. The van der Waals surface area contributed by atoms with Gasteiger partial charge in [0.05, 0.1) is 5.52 Å². The largest absolute Gasteiger partial charge is 0.505 e. The smallest absolute Gasteiger partial charge is 0.267 e. The lowest BCUT2D eigenvalue weighted by atomic mass is 10.1. The Morgan fingerprint density at radius 1 is 1.53 bits per heavy atom. The van der Waals surface area contributed by atoms with E-state index in [0.29, 0.717) is 18.0 Å². The number of amides is 1. The van der Waals surface area contributed by atoms with Crippen LogP contribution in [0.15, 0.2) is 23.1 Å². The van der Waals surface area contributed by atoms with Gasteiger partial charge in [-0.05, 0) is 30.9 Å². The highest BCUT2D eigenvalue weighted by molar-refractivity contribution is 6.00. The number of nitrogens with zero attached hydrogens (tertiary/aromatic N) is 2. The zero-order valence-corrected chi connectivity index (χ0v) is 10.2. The van der Waals surface area contributed by atoms with Crippen LogP contribution in [0.4, 0.5) is 0 Å². The number of pyridine rings is 2. The van der Waals surface area contributed by atoms with Crippen LogP contribution in [0.25, 0.3) is 11.0 Å². The molecular formula is C13H13N3O3. The number of primary amides is 1. The van der Waals surface area contributed by atoms with Crippen molar-refractivity contribution in [1.29, 1.82) is 0 Å². The maximum atomic E-state index is 12.3. The van der Waals surface area contributed by atoms with Crippen molar-refractivity contribution in [2.24, 2.45) is 11.7 Å². The van der Waals surface area contributed by atoms with Gasteiger partial charge in [-0.15, -0.1) is 0 Å². The summed E-state index contributed by atoms with van der Waals surface area (Å²) in [4.78, 5) is 27.7. The van der Waals surface area contributed by atoms with Crippen LogP contribution in [-0.2, 0) is 6.54 Å². The van der Waals surface area contributed by atoms with Crippen molar-refractivity contribution in [1.82, 2.24) is 9.55 Å². The molecule has 6 nitrogen and oxygen atoms in total. The van der Waals surface area contributed by atoms with Crippen LogP contribution in [0.5, 0.6) is 5.75 Å². The number of carbonyl (C=O) groups excluding carboxylic acids is 1. The van der Waals surface area contributed by atoms with Crippen molar-refractivity contribution >= 4 is 16.9 Å². The molecule has 2 aromatic rings. The molecule has 0 saturated heterocycles. The number of nitrogens with two attached hydrogens (primary N) is 1. The van der Waals surface area contributed by atoms with Gasteiger partial charge in [-0.3, -0.25) is 14.6 Å². The average Bonchev–Trinajstić information content (AvgIpc) is 3.18. The molecule has 2 aromatic heterocycles. The molecule has 0 bridgehead atoms. The second-order valence-electron chi connectivity index (χ2n) is 4.82. The quantitative estimate of drug-likeness (QED) is 0.843. The van der Waals surface area contributed by atoms with Crippen molar-refractivity contribution in [3.05, 3.63) is 34.2 Å². The molecule has 1 fully saturated rings. The van der Waals surface area contributed by atoms with Crippen molar-refractivity contribution < 1.29 is 9.90 Å². The summed E-state index contributed by atoms with van der Waals surface area (Å²) in [5.41, 5.74) is 5.02. The summed E-state index contributed by atoms with van der Waals surface area (Å²) in [6.45, 7) is 0.529. The molecule has 1 aliphatic rings. The Bertz CT molecular complexity index is 732. The van der Waals surface area contributed by atoms with E-state index in [2.05, 4.69) is 4.98 Å². The van der Waals surface area contributed by atoms with E-state index in [9.17, 15) is 14.7 Å². The maximum Gasteiger partial charge on any atom is 0.267 e. The summed E-state index contributed by atoms with van der Waals surface area (Å²) in [6.07, 6.45) is 3.64. The predicted octanol–water partition coefficient (Wildman–Crippen LogP) is 0.611. The third-order valence-corrected chi connectivity index (χ3v) is 3.38. The van der Waals surface area contributed by atoms with Crippen LogP contribution < -0.4 is 11.3 Å². The van der Waals surface area contributed by atoms with E-state index in [-0.39, 0.29) is 11.1 Å². The lowest BCUT2D eigenvalue weighted by molar-refractivity contribution is 0.0996. The van der Waals surface area contributed by atoms with Crippen LogP contribution in [0.3, 0.4) is 0 Å². The number of hydrogen-bond donors (Lipinski definition) is 2. The van der Waals surface area contributed by atoms with Gasteiger partial charge in [-0.2, -0.15) is 0 Å². The molecule has 0 aliphatic heterocycles. The number of aromatic nitrogens is 2. The lowest BCUT2D eigenvalue weighted by Gasteiger charge is -2.12. The van der Waals surface area contributed by atoms with Crippen LogP contribution in [-0.4, -0.2) is 20.6 Å². The molecule has 98 valence electrons. The molecule has 1 saturated carbocycles. The van der Waals surface area contributed by atoms with Gasteiger partial charge in [0.2, 0.25) is 0 Å². The van der Waals surface area contributed by atoms with E-state index < -0.39 is 17.2 Å². The van der Waals surface area contributed by atoms with Crippen molar-refractivity contribution in [2.75, 3.05) is 0 Å². The van der Waals surface area contributed by atoms with E-state index in [0.717, 1.165) is 12.8 Å². The molecule has 19 heavy (non-hydrogen) atoms. The van der Waals surface area contributed by atoms with Crippen LogP contribution in [0.2, 0.25) is 0 Å². The minimum Gasteiger partial charge on any atom is -0.505 e. The standard InChI is InChI=1S/C13H13N3O3/c14-12(18)9-11(17)10-8(2-1-5-15-10)16(13(9)19)6-7-3-4-7/h1-2,5,7,17H,3-4,6H2,(H2,14,18). The number of carbonyl (C=O) groups is 1. The molecule has 0 radical (unpaired) electrons. The second-order valence-corrected chi connectivity index (χ2v) is 4.82. The highest BCUT2D eigenvalue weighted by Crippen LogP contribution is 2.32. The van der Waals surface area contributed by atoms with Gasteiger partial charge in [0, 0.05) is 12.7 Å². The van der Waals surface area contributed by atoms with Gasteiger partial charge in [0.1, 0.15) is 11.1 Å². The molecule has 1 aliphatic carbocycles. The minimum atomic E-state index is -0.931. The fourth-order valence-electron chi connectivity index (χ4n) is 2.22. The molecule has 1 amide bonds. The fraction of sp³-hybridized carbons (Fsp3) is 0.308. The van der Waals surface area contributed by atoms with E-state index in [4.69, 9.17) is 5.73 Å². The summed E-state index contributed by atoms with van der Waals surface area (Å²) < 4.78 is 1.49. The number of hydrogen-bond acceptors (Lipinski definition) is 4. The van der Waals surface area contributed by atoms with Gasteiger partial charge >= 0.3 is 0 Å². The van der Waals surface area contributed by atoms with Gasteiger partial charge in [-0.1, -0.05) is 0 Å². The number of fused-ring (bicyclic) bond motifs is 1. The third-order valence-electron chi connectivity index (χ3n) is 3.38. The Balaban J connectivity index is 2.37. The summed E-state index contributed by atoms with van der Waals surface area (Å²) in [6, 6.07) is 3.39. The molecule has 0 atom stereocenters. The highest BCUT2D eigenvalue weighted by Gasteiger charge is 2.26. The monoisotopic (exact) mass is 259 g/mol. The van der Waals surface area contributed by atoms with Gasteiger partial charge < -0.3 is 15.4 Å². The zero-order valence-electron chi connectivity index (χ0n) is 10.2. The normalized spacial score (nSPS) is 14.7. The molecule has 0 aromatic carbocycles. The van der Waals surface area contributed by atoms with Crippen molar-refractivity contribution in [3.8, 4) is 5.75 Å². The molecule has 3 rings (SSSR count).